The van der Waals surface area contributed by atoms with Crippen LogP contribution in [0.4, 0.5) is 5.69 Å². The van der Waals surface area contributed by atoms with E-state index in [2.05, 4.69) is 10.2 Å². The highest BCUT2D eigenvalue weighted by atomic mass is 35.5. The summed E-state index contributed by atoms with van der Waals surface area (Å²) in [6, 6.07) is 16.7. The third kappa shape index (κ3) is 3.84. The van der Waals surface area contributed by atoms with Gasteiger partial charge in [-0.1, -0.05) is 53.7 Å². The van der Waals surface area contributed by atoms with Crippen LogP contribution in [0, 0.1) is 0 Å². The van der Waals surface area contributed by atoms with Crippen LogP contribution in [0.3, 0.4) is 0 Å². The van der Waals surface area contributed by atoms with Gasteiger partial charge >= 0.3 is 0 Å². The molecule has 2 aromatic carbocycles. The molecule has 1 atom stereocenters. The van der Waals surface area contributed by atoms with Crippen molar-refractivity contribution in [2.45, 2.75) is 17.3 Å². The minimum atomic E-state index is -0.376. The molecule has 0 saturated heterocycles. The Bertz CT molecular complexity index is 915. The zero-order valence-electron chi connectivity index (χ0n) is 14.3. The molecule has 0 unspecified atom stereocenters. The molecule has 6 nitrogen and oxygen atoms in total. The van der Waals surface area contributed by atoms with Crippen LogP contribution in [0.2, 0.25) is 5.02 Å². The van der Waals surface area contributed by atoms with Gasteiger partial charge in [-0.2, -0.15) is 0 Å². The molecule has 1 heterocycles. The Kier molecular flexibility index (Phi) is 5.49. The van der Waals surface area contributed by atoms with Crippen LogP contribution < -0.4 is 10.7 Å². The van der Waals surface area contributed by atoms with Crippen molar-refractivity contribution in [1.82, 2.24) is 14.9 Å². The van der Waals surface area contributed by atoms with E-state index in [9.17, 15) is 4.79 Å². The Hall–Kier alpha value is -2.51. The zero-order chi connectivity index (χ0) is 18.7. The van der Waals surface area contributed by atoms with Crippen molar-refractivity contribution < 1.29 is 4.79 Å². The van der Waals surface area contributed by atoms with Crippen molar-refractivity contribution in [2.75, 3.05) is 17.8 Å². The van der Waals surface area contributed by atoms with E-state index in [4.69, 9.17) is 17.4 Å². The van der Waals surface area contributed by atoms with Crippen LogP contribution in [-0.4, -0.2) is 33.1 Å². The number of benzene rings is 2. The summed E-state index contributed by atoms with van der Waals surface area (Å²) in [6.45, 7) is 1.82. The van der Waals surface area contributed by atoms with Crippen molar-refractivity contribution in [3.63, 3.8) is 0 Å². The van der Waals surface area contributed by atoms with E-state index in [0.717, 1.165) is 11.3 Å². The van der Waals surface area contributed by atoms with Gasteiger partial charge in [0.05, 0.1) is 5.25 Å². The first-order valence-corrected chi connectivity index (χ1v) is 9.19. The fraction of sp³-hybridized carbons (Fsp3) is 0.167. The van der Waals surface area contributed by atoms with E-state index in [1.165, 1.54) is 16.4 Å². The molecule has 1 aromatic heterocycles. The Morgan fingerprint density at radius 2 is 1.92 bits per heavy atom. The van der Waals surface area contributed by atoms with Crippen LogP contribution in [0.1, 0.15) is 6.92 Å². The second-order valence-electron chi connectivity index (χ2n) is 5.68. The lowest BCUT2D eigenvalue weighted by atomic mass is 10.2. The summed E-state index contributed by atoms with van der Waals surface area (Å²) in [4.78, 5) is 14.3. The molecular formula is C18H18ClN5OS. The number of nitrogen functional groups attached to an aromatic ring is 1. The van der Waals surface area contributed by atoms with Crippen LogP contribution >= 0.6 is 23.4 Å². The fourth-order valence-corrected chi connectivity index (χ4v) is 3.50. The number of rotatable bonds is 5. The topological polar surface area (TPSA) is 77.0 Å². The lowest BCUT2D eigenvalue weighted by molar-refractivity contribution is -0.117. The number of thioether (sulfide) groups is 1. The highest BCUT2D eigenvalue weighted by Gasteiger charge is 2.23. The van der Waals surface area contributed by atoms with Gasteiger partial charge in [0.2, 0.25) is 11.1 Å². The van der Waals surface area contributed by atoms with Gasteiger partial charge in [-0.05, 0) is 31.2 Å². The summed E-state index contributed by atoms with van der Waals surface area (Å²) in [6.07, 6.45) is 0. The normalized spacial score (nSPS) is 12.0. The monoisotopic (exact) mass is 387 g/mol. The van der Waals surface area contributed by atoms with Crippen molar-refractivity contribution in [3.8, 4) is 11.4 Å². The number of para-hydroxylation sites is 1. The SMILES string of the molecule is C[C@@H](Sc1nnc(-c2cccc(Cl)c2)n1N)C(=O)N(C)c1ccccc1. The highest BCUT2D eigenvalue weighted by molar-refractivity contribution is 8.00. The first-order valence-electron chi connectivity index (χ1n) is 7.93. The highest BCUT2D eigenvalue weighted by Crippen LogP contribution is 2.27. The zero-order valence-corrected chi connectivity index (χ0v) is 15.9. The third-order valence-corrected chi connectivity index (χ3v) is 5.13. The van der Waals surface area contributed by atoms with Crippen LogP contribution in [-0.2, 0) is 4.79 Å². The molecule has 3 rings (SSSR count). The summed E-state index contributed by atoms with van der Waals surface area (Å²) in [5.41, 5.74) is 1.60. The number of anilines is 1. The van der Waals surface area contributed by atoms with Gasteiger partial charge in [-0.3, -0.25) is 4.79 Å². The van der Waals surface area contributed by atoms with E-state index >= 15 is 0 Å². The lowest BCUT2D eigenvalue weighted by Gasteiger charge is -2.20. The van der Waals surface area contributed by atoms with Gasteiger partial charge in [0.25, 0.3) is 0 Å². The predicted octanol–water partition coefficient (Wildman–Crippen LogP) is 3.46. The number of carbonyl (C=O) groups excluding carboxylic acids is 1. The number of aromatic nitrogens is 3. The number of amides is 1. The molecule has 134 valence electrons. The number of halogens is 1. The first-order chi connectivity index (χ1) is 12.5. The minimum Gasteiger partial charge on any atom is -0.335 e. The molecule has 3 aromatic rings. The molecule has 0 saturated carbocycles. The fourth-order valence-electron chi connectivity index (χ4n) is 2.44. The van der Waals surface area contributed by atoms with Gasteiger partial charge in [0.1, 0.15) is 0 Å². The van der Waals surface area contributed by atoms with Gasteiger partial charge < -0.3 is 10.7 Å². The van der Waals surface area contributed by atoms with Crippen LogP contribution in [0.15, 0.2) is 59.8 Å². The Labute approximate surface area is 160 Å². The quantitative estimate of drug-likeness (QED) is 0.536. The van der Waals surface area contributed by atoms with E-state index in [0.29, 0.717) is 16.0 Å². The Morgan fingerprint density at radius 1 is 1.19 bits per heavy atom. The lowest BCUT2D eigenvalue weighted by Crippen LogP contribution is -2.33. The summed E-state index contributed by atoms with van der Waals surface area (Å²) in [5, 5.41) is 8.91. The largest absolute Gasteiger partial charge is 0.335 e. The molecule has 2 N–H and O–H groups in total. The number of hydrogen-bond acceptors (Lipinski definition) is 5. The Balaban J connectivity index is 1.76. The van der Waals surface area contributed by atoms with E-state index in [1.807, 2.05) is 49.4 Å². The smallest absolute Gasteiger partial charge is 0.240 e. The average Bonchev–Trinajstić information content (AvgIpc) is 3.01. The van der Waals surface area contributed by atoms with Gasteiger partial charge in [0.15, 0.2) is 5.82 Å². The molecule has 0 spiro atoms. The molecule has 0 radical (unpaired) electrons. The second-order valence-corrected chi connectivity index (χ2v) is 7.42. The molecule has 0 aliphatic carbocycles. The molecule has 0 aliphatic heterocycles. The molecule has 1 amide bonds. The molecule has 0 aliphatic rings. The van der Waals surface area contributed by atoms with E-state index in [1.54, 1.807) is 24.1 Å². The van der Waals surface area contributed by atoms with Gasteiger partial charge in [0, 0.05) is 23.3 Å². The van der Waals surface area contributed by atoms with E-state index in [-0.39, 0.29) is 11.2 Å². The van der Waals surface area contributed by atoms with Crippen LogP contribution in [0.5, 0.6) is 0 Å². The van der Waals surface area contributed by atoms with E-state index < -0.39 is 0 Å². The first kappa shape index (κ1) is 18.3. The summed E-state index contributed by atoms with van der Waals surface area (Å²) < 4.78 is 1.38. The summed E-state index contributed by atoms with van der Waals surface area (Å²) >= 11 is 7.28. The number of nitrogens with two attached hydrogens (primary N) is 1. The maximum absolute atomic E-state index is 12.7. The maximum Gasteiger partial charge on any atom is 0.240 e. The molecule has 8 heteroatoms. The number of hydrogen-bond donors (Lipinski definition) is 1. The van der Waals surface area contributed by atoms with Crippen molar-refractivity contribution >= 4 is 35.0 Å². The van der Waals surface area contributed by atoms with Gasteiger partial charge in [-0.15, -0.1) is 10.2 Å². The molecule has 26 heavy (non-hydrogen) atoms. The molecule has 0 bridgehead atoms. The van der Waals surface area contributed by atoms with Crippen molar-refractivity contribution in [3.05, 3.63) is 59.6 Å². The van der Waals surface area contributed by atoms with Crippen LogP contribution in [0.25, 0.3) is 11.4 Å². The maximum atomic E-state index is 12.7. The summed E-state index contributed by atoms with van der Waals surface area (Å²) in [7, 11) is 1.75. The molecule has 0 fully saturated rings. The number of carbonyl (C=O) groups is 1. The van der Waals surface area contributed by atoms with Crippen molar-refractivity contribution in [2.24, 2.45) is 0 Å². The predicted molar refractivity (Wildman–Crippen MR) is 106 cm³/mol. The van der Waals surface area contributed by atoms with Crippen molar-refractivity contribution in [1.29, 1.82) is 0 Å². The number of nitrogens with zero attached hydrogens (tertiary/aromatic N) is 4. The Morgan fingerprint density at radius 3 is 2.62 bits per heavy atom. The second kappa shape index (κ2) is 7.80. The average molecular weight is 388 g/mol. The third-order valence-electron chi connectivity index (χ3n) is 3.85. The summed E-state index contributed by atoms with van der Waals surface area (Å²) in [5.74, 6) is 6.57. The standard InChI is InChI=1S/C18H18ClN5OS/c1-12(17(25)23(2)15-9-4-3-5-10-15)26-18-22-21-16(24(18)20)13-7-6-8-14(19)11-13/h3-12H,20H2,1-2H3/t12-/m1/s1. The minimum absolute atomic E-state index is 0.0477. The van der Waals surface area contributed by atoms with Gasteiger partial charge in [-0.25, -0.2) is 4.68 Å². The molecular weight excluding hydrogens is 370 g/mol.